The molecule has 1 aliphatic heterocycles. The van der Waals surface area contributed by atoms with Crippen molar-refractivity contribution in [2.24, 2.45) is 5.92 Å². The van der Waals surface area contributed by atoms with Crippen LogP contribution in [0.4, 0.5) is 0 Å². The van der Waals surface area contributed by atoms with Crippen LogP contribution in [0.25, 0.3) is 0 Å². The molecule has 16 heavy (non-hydrogen) atoms. The molecule has 1 saturated heterocycles. The Morgan fingerprint density at radius 2 is 2.31 bits per heavy atom. The van der Waals surface area contributed by atoms with Crippen LogP contribution in [0.1, 0.15) is 25.7 Å². The molecule has 4 heteroatoms. The van der Waals surface area contributed by atoms with Crippen LogP contribution in [0.2, 0.25) is 0 Å². The second kappa shape index (κ2) is 5.92. The number of rotatable bonds is 4. The van der Waals surface area contributed by atoms with E-state index in [4.69, 9.17) is 0 Å². The van der Waals surface area contributed by atoms with Gasteiger partial charge in [0.05, 0.1) is 0 Å². The number of thioether (sulfide) groups is 1. The van der Waals surface area contributed by atoms with E-state index >= 15 is 0 Å². The van der Waals surface area contributed by atoms with E-state index in [0.29, 0.717) is 18.4 Å². The highest BCUT2D eigenvalue weighted by atomic mass is 32.2. The molecule has 0 radical (unpaired) electrons. The average molecular weight is 242 g/mol. The normalized spacial score (nSPS) is 26.2. The second-order valence-corrected chi connectivity index (χ2v) is 6.15. The lowest BCUT2D eigenvalue weighted by Crippen LogP contribution is -2.43. The number of carbonyl (C=O) groups excluding carboxylic acids is 1. The molecule has 2 rings (SSSR count). The molecule has 2 fully saturated rings. The quantitative estimate of drug-likeness (QED) is 0.807. The summed E-state index contributed by atoms with van der Waals surface area (Å²) in [7, 11) is 1.95. The van der Waals surface area contributed by atoms with Gasteiger partial charge in [0.15, 0.2) is 0 Å². The first kappa shape index (κ1) is 12.2. The summed E-state index contributed by atoms with van der Waals surface area (Å²) < 4.78 is 0. The molecule has 0 bridgehead atoms. The summed E-state index contributed by atoms with van der Waals surface area (Å²) in [4.78, 5) is 13.9. The number of nitrogens with zero attached hydrogens (tertiary/aromatic N) is 1. The minimum absolute atomic E-state index is 0.312. The van der Waals surface area contributed by atoms with E-state index in [9.17, 15) is 4.79 Å². The molecular formula is C12H22N2OS. The fourth-order valence-corrected chi connectivity index (χ4v) is 3.23. The van der Waals surface area contributed by atoms with Crippen LogP contribution >= 0.6 is 11.8 Å². The summed E-state index contributed by atoms with van der Waals surface area (Å²) in [6.45, 7) is 2.02. The molecule has 1 heterocycles. The van der Waals surface area contributed by atoms with Gasteiger partial charge in [-0.2, -0.15) is 11.8 Å². The lowest BCUT2D eigenvalue weighted by atomic mass is 9.85. The van der Waals surface area contributed by atoms with Crippen molar-refractivity contribution in [1.29, 1.82) is 0 Å². The summed E-state index contributed by atoms with van der Waals surface area (Å²) in [5.74, 6) is 3.36. The zero-order valence-electron chi connectivity index (χ0n) is 10.1. The molecule has 1 N–H and O–H groups in total. The fourth-order valence-electron chi connectivity index (χ4n) is 2.28. The number of nitrogens with one attached hydrogen (secondary N) is 1. The lowest BCUT2D eigenvalue weighted by Gasteiger charge is -2.31. The van der Waals surface area contributed by atoms with Crippen molar-refractivity contribution in [2.45, 2.75) is 31.7 Å². The number of hydrogen-bond donors (Lipinski definition) is 1. The average Bonchev–Trinajstić information content (AvgIpc) is 2.24. The van der Waals surface area contributed by atoms with Gasteiger partial charge in [-0.1, -0.05) is 6.42 Å². The van der Waals surface area contributed by atoms with Crippen LogP contribution in [0.3, 0.4) is 0 Å². The monoisotopic (exact) mass is 242 g/mol. The largest absolute Gasteiger partial charge is 0.345 e. The highest BCUT2D eigenvalue weighted by molar-refractivity contribution is 7.99. The van der Waals surface area contributed by atoms with Gasteiger partial charge in [0.2, 0.25) is 5.91 Å². The van der Waals surface area contributed by atoms with E-state index in [2.05, 4.69) is 5.32 Å². The Morgan fingerprint density at radius 1 is 1.50 bits per heavy atom. The third-order valence-electron chi connectivity index (χ3n) is 3.60. The highest BCUT2D eigenvalue weighted by Crippen LogP contribution is 2.26. The van der Waals surface area contributed by atoms with E-state index in [0.717, 1.165) is 24.8 Å². The first-order chi connectivity index (χ1) is 7.75. The van der Waals surface area contributed by atoms with Gasteiger partial charge >= 0.3 is 0 Å². The summed E-state index contributed by atoms with van der Waals surface area (Å²) in [6.07, 6.45) is 4.66. The summed E-state index contributed by atoms with van der Waals surface area (Å²) in [6, 6.07) is 0.398. The van der Waals surface area contributed by atoms with Gasteiger partial charge in [-0.05, 0) is 18.8 Å². The summed E-state index contributed by atoms with van der Waals surface area (Å²) in [5, 5.41) is 3.42. The lowest BCUT2D eigenvalue weighted by molar-refractivity contribution is -0.131. The van der Waals surface area contributed by atoms with Crippen LogP contribution in [-0.2, 0) is 4.79 Å². The van der Waals surface area contributed by atoms with E-state index in [1.54, 1.807) is 0 Å². The van der Waals surface area contributed by atoms with Crippen LogP contribution in [-0.4, -0.2) is 48.5 Å². The van der Waals surface area contributed by atoms with Crippen LogP contribution in [0.15, 0.2) is 0 Å². The Labute approximate surface area is 102 Å². The van der Waals surface area contributed by atoms with Gasteiger partial charge in [-0.3, -0.25) is 4.79 Å². The minimum atomic E-state index is 0.312. The zero-order valence-corrected chi connectivity index (χ0v) is 10.9. The smallest absolute Gasteiger partial charge is 0.223 e. The van der Waals surface area contributed by atoms with Crippen molar-refractivity contribution < 1.29 is 4.79 Å². The molecular weight excluding hydrogens is 220 g/mol. The Hall–Kier alpha value is -0.220. The summed E-state index contributed by atoms with van der Waals surface area (Å²) >= 11 is 1.95. The summed E-state index contributed by atoms with van der Waals surface area (Å²) in [5.41, 5.74) is 0. The van der Waals surface area contributed by atoms with Crippen LogP contribution < -0.4 is 5.32 Å². The second-order valence-electron chi connectivity index (χ2n) is 5.00. The first-order valence-corrected chi connectivity index (χ1v) is 7.46. The fraction of sp³-hybridized carbons (Fsp3) is 0.917. The maximum atomic E-state index is 12.0. The van der Waals surface area contributed by atoms with Crippen molar-refractivity contribution in [3.63, 3.8) is 0 Å². The maximum absolute atomic E-state index is 12.0. The Kier molecular flexibility index (Phi) is 4.53. The molecule has 3 nitrogen and oxygen atoms in total. The molecule has 1 aliphatic carbocycles. The van der Waals surface area contributed by atoms with Gasteiger partial charge in [0.25, 0.3) is 0 Å². The molecule has 1 saturated carbocycles. The third kappa shape index (κ3) is 3.39. The molecule has 1 atom stereocenters. The third-order valence-corrected chi connectivity index (χ3v) is 4.73. The van der Waals surface area contributed by atoms with Gasteiger partial charge in [0, 0.05) is 44.1 Å². The predicted octanol–water partition coefficient (Wildman–Crippen LogP) is 1.34. The standard InChI is InChI=1S/C12H22N2OS/c1-14(8-10-3-2-4-10)12(15)7-11-9-16-6-5-13-11/h10-11,13H,2-9H2,1H3. The molecule has 1 unspecified atom stereocenters. The molecule has 92 valence electrons. The van der Waals surface area contributed by atoms with Crippen molar-refractivity contribution in [3.8, 4) is 0 Å². The van der Waals surface area contributed by atoms with E-state index in [1.807, 2.05) is 23.7 Å². The van der Waals surface area contributed by atoms with E-state index < -0.39 is 0 Å². The highest BCUT2D eigenvalue weighted by Gasteiger charge is 2.23. The Balaban J connectivity index is 1.68. The van der Waals surface area contributed by atoms with Gasteiger partial charge in [-0.25, -0.2) is 0 Å². The van der Waals surface area contributed by atoms with Gasteiger partial charge < -0.3 is 10.2 Å². The molecule has 1 amide bonds. The van der Waals surface area contributed by atoms with Gasteiger partial charge in [-0.15, -0.1) is 0 Å². The van der Waals surface area contributed by atoms with Gasteiger partial charge in [0.1, 0.15) is 0 Å². The molecule has 2 aliphatic rings. The molecule has 0 aromatic rings. The van der Waals surface area contributed by atoms with Crippen molar-refractivity contribution >= 4 is 17.7 Å². The molecule has 0 aromatic carbocycles. The van der Waals surface area contributed by atoms with Crippen molar-refractivity contribution in [1.82, 2.24) is 10.2 Å². The molecule has 0 aromatic heterocycles. The van der Waals surface area contributed by atoms with Crippen LogP contribution in [0, 0.1) is 5.92 Å². The zero-order chi connectivity index (χ0) is 11.4. The SMILES string of the molecule is CN(CC1CCC1)C(=O)CC1CSCCN1. The van der Waals surface area contributed by atoms with E-state index in [-0.39, 0.29) is 0 Å². The Bertz CT molecular complexity index is 237. The topological polar surface area (TPSA) is 32.3 Å². The Morgan fingerprint density at radius 3 is 2.88 bits per heavy atom. The van der Waals surface area contributed by atoms with E-state index in [1.165, 1.54) is 25.0 Å². The van der Waals surface area contributed by atoms with Crippen LogP contribution in [0.5, 0.6) is 0 Å². The predicted molar refractivity (Wildman–Crippen MR) is 68.7 cm³/mol. The van der Waals surface area contributed by atoms with Crippen molar-refractivity contribution in [3.05, 3.63) is 0 Å². The molecule has 0 spiro atoms. The number of amides is 1. The van der Waals surface area contributed by atoms with Crippen molar-refractivity contribution in [2.75, 3.05) is 31.6 Å². The number of carbonyl (C=O) groups is 1. The minimum Gasteiger partial charge on any atom is -0.345 e. The number of hydrogen-bond acceptors (Lipinski definition) is 3. The maximum Gasteiger partial charge on any atom is 0.223 e. The first-order valence-electron chi connectivity index (χ1n) is 6.31.